The van der Waals surface area contributed by atoms with Crippen molar-refractivity contribution in [3.8, 4) is 0 Å². The third kappa shape index (κ3) is 5.28. The summed E-state index contributed by atoms with van der Waals surface area (Å²) >= 11 is 0. The summed E-state index contributed by atoms with van der Waals surface area (Å²) in [6, 6.07) is 4.47. The number of H-pyrrole nitrogens is 2. The molecule has 3 aromatic heterocycles. The molecule has 216 valence electrons. The summed E-state index contributed by atoms with van der Waals surface area (Å²) in [5.41, 5.74) is 20.4. The number of aromatic amines is 2. The van der Waals surface area contributed by atoms with Crippen LogP contribution in [0.5, 0.6) is 0 Å². The molecule has 0 saturated heterocycles. The van der Waals surface area contributed by atoms with E-state index in [9.17, 15) is 0 Å². The molecule has 4 nitrogen and oxygen atoms in total. The molecule has 5 heteroatoms. The Balaban J connectivity index is 0.00000387. The van der Waals surface area contributed by atoms with Crippen LogP contribution in [0.1, 0.15) is 124 Å². The van der Waals surface area contributed by atoms with Gasteiger partial charge >= 0.3 is 25.8 Å². The SMILES string of the molecule is CCC1=C(CC)c2nc1c(CC)c1[nH]c(cc3nc(cc4[nH]c(c2CC)c(CC)c4CC)C=C3)c(CC)c1CC.[InH3]. The summed E-state index contributed by atoms with van der Waals surface area (Å²) in [5.74, 6) is 0. The van der Waals surface area contributed by atoms with Gasteiger partial charge in [-0.1, -0.05) is 55.4 Å². The van der Waals surface area contributed by atoms with E-state index in [4.69, 9.17) is 9.97 Å². The Labute approximate surface area is 265 Å². The van der Waals surface area contributed by atoms with Crippen LogP contribution in [0.15, 0.2) is 12.1 Å². The summed E-state index contributed by atoms with van der Waals surface area (Å²) < 4.78 is 0. The maximum atomic E-state index is 5.58. The van der Waals surface area contributed by atoms with Gasteiger partial charge in [0.2, 0.25) is 0 Å². The van der Waals surface area contributed by atoms with E-state index in [-0.39, 0.29) is 25.8 Å². The Morgan fingerprint density at radius 1 is 0.463 bits per heavy atom. The third-order valence-corrected chi connectivity index (χ3v) is 8.93. The average molecular weight is 653 g/mol. The maximum absolute atomic E-state index is 5.58. The Morgan fingerprint density at radius 2 is 0.829 bits per heavy atom. The van der Waals surface area contributed by atoms with Crippen molar-refractivity contribution in [2.24, 2.45) is 0 Å². The number of aryl methyl sites for hydroxylation is 6. The molecular weight excluding hydrogens is 603 g/mol. The third-order valence-electron chi connectivity index (χ3n) is 8.93. The van der Waals surface area contributed by atoms with Gasteiger partial charge in [0, 0.05) is 33.2 Å². The van der Waals surface area contributed by atoms with Crippen LogP contribution >= 0.6 is 0 Å². The van der Waals surface area contributed by atoms with Gasteiger partial charge in [-0.2, -0.15) is 0 Å². The molecule has 2 aliphatic heterocycles. The van der Waals surface area contributed by atoms with Crippen molar-refractivity contribution < 1.29 is 0 Å². The van der Waals surface area contributed by atoms with Gasteiger partial charge in [-0.3, -0.25) is 0 Å². The summed E-state index contributed by atoms with van der Waals surface area (Å²) in [4.78, 5) is 18.4. The zero-order valence-corrected chi connectivity index (χ0v) is 25.9. The summed E-state index contributed by atoms with van der Waals surface area (Å²) in [6.07, 6.45) is 12.1. The Hall–Kier alpha value is -2.53. The van der Waals surface area contributed by atoms with Gasteiger partial charge in [0.1, 0.15) is 0 Å². The Morgan fingerprint density at radius 3 is 1.15 bits per heavy atom. The number of rotatable bonds is 8. The fourth-order valence-corrected chi connectivity index (χ4v) is 7.12. The summed E-state index contributed by atoms with van der Waals surface area (Å²) in [7, 11) is 0. The molecule has 8 bridgehead atoms. The zero-order valence-electron chi connectivity index (χ0n) is 25.9. The monoisotopic (exact) mass is 652 g/mol. The number of nitrogens with one attached hydrogen (secondary N) is 2. The number of nitrogens with zero attached hydrogens (tertiary/aromatic N) is 2. The minimum atomic E-state index is 0. The van der Waals surface area contributed by atoms with Gasteiger partial charge < -0.3 is 9.97 Å². The number of allylic oxidation sites excluding steroid dienone is 2. The normalized spacial score (nSPS) is 12.8. The van der Waals surface area contributed by atoms with Gasteiger partial charge in [-0.15, -0.1) is 0 Å². The molecular formula is C36H49InN4. The van der Waals surface area contributed by atoms with Crippen LogP contribution in [0.25, 0.3) is 45.4 Å². The fourth-order valence-electron chi connectivity index (χ4n) is 7.12. The second kappa shape index (κ2) is 13.2. The number of aromatic nitrogens is 4. The first-order valence-electron chi connectivity index (χ1n) is 15.7. The van der Waals surface area contributed by atoms with Gasteiger partial charge in [-0.25, -0.2) is 9.97 Å². The first kappa shape index (κ1) is 31.4. The van der Waals surface area contributed by atoms with E-state index in [2.05, 4.69) is 89.6 Å². The molecule has 0 spiro atoms. The van der Waals surface area contributed by atoms with Crippen LogP contribution in [0.2, 0.25) is 0 Å². The molecule has 0 amide bonds. The molecule has 0 unspecified atom stereocenters. The molecule has 5 rings (SSSR count). The molecule has 0 aromatic carbocycles. The van der Waals surface area contributed by atoms with E-state index >= 15 is 0 Å². The number of hydrogen-bond acceptors (Lipinski definition) is 2. The van der Waals surface area contributed by atoms with E-state index in [1.54, 1.807) is 0 Å². The molecule has 5 heterocycles. The molecule has 41 heavy (non-hydrogen) atoms. The van der Waals surface area contributed by atoms with Crippen molar-refractivity contribution in [1.29, 1.82) is 0 Å². The molecule has 2 N–H and O–H groups in total. The van der Waals surface area contributed by atoms with Crippen LogP contribution < -0.4 is 0 Å². The molecule has 2 aliphatic rings. The van der Waals surface area contributed by atoms with Crippen molar-refractivity contribution >= 4 is 71.2 Å². The number of hydrogen-bond donors (Lipinski definition) is 2. The van der Waals surface area contributed by atoms with Crippen LogP contribution in [0.3, 0.4) is 0 Å². The molecule has 0 radical (unpaired) electrons. The van der Waals surface area contributed by atoms with Gasteiger partial charge in [0.15, 0.2) is 0 Å². The van der Waals surface area contributed by atoms with Crippen LogP contribution in [0, 0.1) is 0 Å². The Kier molecular flexibility index (Phi) is 10.1. The predicted molar refractivity (Wildman–Crippen MR) is 184 cm³/mol. The number of fused-ring (bicyclic) bond motifs is 8. The molecule has 0 atom stereocenters. The van der Waals surface area contributed by atoms with Crippen molar-refractivity contribution in [1.82, 2.24) is 19.9 Å². The van der Waals surface area contributed by atoms with Crippen molar-refractivity contribution in [3.63, 3.8) is 0 Å². The summed E-state index contributed by atoms with van der Waals surface area (Å²) in [5, 5.41) is 0. The minimum absolute atomic E-state index is 0. The molecule has 0 saturated carbocycles. The topological polar surface area (TPSA) is 57.4 Å². The van der Waals surface area contributed by atoms with Crippen molar-refractivity contribution in [3.05, 3.63) is 68.3 Å². The van der Waals surface area contributed by atoms with Crippen LogP contribution in [-0.4, -0.2) is 45.8 Å². The second-order valence-corrected chi connectivity index (χ2v) is 10.9. The summed E-state index contributed by atoms with van der Waals surface area (Å²) in [6.45, 7) is 18.3. The van der Waals surface area contributed by atoms with E-state index in [1.165, 1.54) is 78.0 Å². The fraction of sp³-hybridized carbons (Fsp3) is 0.444. The van der Waals surface area contributed by atoms with E-state index in [1.807, 2.05) is 0 Å². The van der Waals surface area contributed by atoms with E-state index < -0.39 is 0 Å². The van der Waals surface area contributed by atoms with Gasteiger partial charge in [-0.05, 0) is 109 Å². The standard InChI is InChI=1S/C36H46N4.In.3H/c1-9-23-25(11-3)33-29(15-7)35-27(13-5)28(14-6)36(40-35)30(16-8)34-26(12-4)24(10-2)32(39-34)20-22-18-17-21(37-22)19-31(23)38-33;;;;/h17-20,38-39H,9-16H2,1-8H3;;;;. The molecule has 0 fully saturated rings. The average Bonchev–Trinajstić information content (AvgIpc) is 3.73. The van der Waals surface area contributed by atoms with Crippen molar-refractivity contribution in [2.45, 2.75) is 107 Å². The first-order valence-corrected chi connectivity index (χ1v) is 15.7. The molecule has 0 aliphatic carbocycles. The molecule has 3 aromatic rings. The zero-order chi connectivity index (χ0) is 28.6. The van der Waals surface area contributed by atoms with Crippen LogP contribution in [-0.2, 0) is 38.5 Å². The van der Waals surface area contributed by atoms with Gasteiger partial charge in [0.25, 0.3) is 0 Å². The van der Waals surface area contributed by atoms with Gasteiger partial charge in [0.05, 0.1) is 22.8 Å². The predicted octanol–water partition coefficient (Wildman–Crippen LogP) is 8.41. The second-order valence-electron chi connectivity index (χ2n) is 10.9. The van der Waals surface area contributed by atoms with Crippen LogP contribution in [0.4, 0.5) is 0 Å². The van der Waals surface area contributed by atoms with Crippen molar-refractivity contribution in [2.75, 3.05) is 0 Å². The van der Waals surface area contributed by atoms with E-state index in [0.717, 1.165) is 62.8 Å². The Bertz CT molecular complexity index is 1560. The quantitative estimate of drug-likeness (QED) is 0.201. The van der Waals surface area contributed by atoms with E-state index in [0.29, 0.717) is 0 Å². The first-order chi connectivity index (χ1) is 19.5.